The van der Waals surface area contributed by atoms with Gasteiger partial charge < -0.3 is 9.47 Å². The molecule has 0 atom stereocenters. The van der Waals surface area contributed by atoms with E-state index in [-0.39, 0.29) is 84.7 Å². The van der Waals surface area contributed by atoms with Crippen molar-refractivity contribution in [2.45, 2.75) is 38.5 Å². The molecule has 0 saturated carbocycles. The second-order valence-corrected chi connectivity index (χ2v) is 8.17. The van der Waals surface area contributed by atoms with E-state index in [1.54, 1.807) is 0 Å². The van der Waals surface area contributed by atoms with Crippen molar-refractivity contribution in [3.63, 3.8) is 0 Å². The molecule has 0 bridgehead atoms. The standard InChI is InChI=1S/C22H17ClF6N4O.ClH/c23-14-10-30-5-4-13(14)20-18-11-32(6-7-33(18)21(31-20)22(27,28)29)19(34)3-1-2-12-8-16(25)17(26)9-15(12)24;/h4-5,8-10H,1-3,6-7,11H2;1H. The van der Waals surface area contributed by atoms with Gasteiger partial charge in [0, 0.05) is 43.5 Å². The van der Waals surface area contributed by atoms with E-state index < -0.39 is 29.5 Å². The summed E-state index contributed by atoms with van der Waals surface area (Å²) in [5.74, 6) is -4.84. The van der Waals surface area contributed by atoms with Gasteiger partial charge >= 0.3 is 6.18 Å². The molecule has 3 heterocycles. The van der Waals surface area contributed by atoms with Gasteiger partial charge in [-0.15, -0.1) is 12.4 Å². The second-order valence-electron chi connectivity index (χ2n) is 7.76. The van der Waals surface area contributed by atoms with Crippen molar-refractivity contribution in [2.75, 3.05) is 6.54 Å². The Labute approximate surface area is 207 Å². The molecule has 1 aromatic carbocycles. The number of rotatable bonds is 5. The number of fused-ring (bicyclic) bond motifs is 1. The van der Waals surface area contributed by atoms with Gasteiger partial charge in [-0.1, -0.05) is 11.6 Å². The Kier molecular flexibility index (Phi) is 8.00. The number of carbonyl (C=O) groups excluding carboxylic acids is 1. The lowest BCUT2D eigenvalue weighted by molar-refractivity contribution is -0.148. The first-order valence-corrected chi connectivity index (χ1v) is 10.6. The number of amides is 1. The third-order valence-electron chi connectivity index (χ3n) is 5.57. The van der Waals surface area contributed by atoms with Crippen LogP contribution in [0.3, 0.4) is 0 Å². The zero-order valence-electron chi connectivity index (χ0n) is 17.9. The SMILES string of the molecule is Cl.O=C(CCCc1cc(F)c(F)cc1F)N1CCn2c(C(F)(F)F)nc(-c3ccncc3Cl)c2C1. The minimum absolute atomic E-state index is 0. The first-order chi connectivity index (χ1) is 16.1. The predicted octanol–water partition coefficient (Wildman–Crippen LogP) is 5.82. The summed E-state index contributed by atoms with van der Waals surface area (Å²) < 4.78 is 82.0. The molecule has 0 aliphatic carbocycles. The molecule has 3 aromatic rings. The fourth-order valence-corrected chi connectivity index (χ4v) is 4.13. The van der Waals surface area contributed by atoms with Crippen LogP contribution in [0.2, 0.25) is 5.02 Å². The average molecular weight is 539 g/mol. The van der Waals surface area contributed by atoms with Crippen molar-refractivity contribution in [1.82, 2.24) is 19.4 Å². The second kappa shape index (κ2) is 10.4. The van der Waals surface area contributed by atoms with Crippen LogP contribution >= 0.6 is 24.0 Å². The van der Waals surface area contributed by atoms with Crippen LogP contribution in [0.5, 0.6) is 0 Å². The number of nitrogens with zero attached hydrogens (tertiary/aromatic N) is 4. The van der Waals surface area contributed by atoms with Gasteiger partial charge in [0.2, 0.25) is 11.7 Å². The number of aromatic nitrogens is 3. The minimum Gasteiger partial charge on any atom is -0.335 e. The molecular weight excluding hydrogens is 521 g/mol. The Bertz CT molecular complexity index is 1250. The number of imidazole rings is 1. The van der Waals surface area contributed by atoms with Crippen LogP contribution in [0.4, 0.5) is 26.3 Å². The summed E-state index contributed by atoms with van der Waals surface area (Å²) in [6.07, 6.45) is -1.94. The van der Waals surface area contributed by atoms with Crippen molar-refractivity contribution in [3.8, 4) is 11.3 Å². The molecule has 0 radical (unpaired) electrons. The van der Waals surface area contributed by atoms with Crippen LogP contribution in [-0.2, 0) is 30.5 Å². The number of carbonyl (C=O) groups is 1. The summed E-state index contributed by atoms with van der Waals surface area (Å²) in [6, 6.07) is 2.64. The number of alkyl halides is 3. The number of halogens is 8. The number of aryl methyl sites for hydroxylation is 1. The molecule has 188 valence electrons. The maximum atomic E-state index is 13.8. The lowest BCUT2D eigenvalue weighted by Gasteiger charge is -2.30. The van der Waals surface area contributed by atoms with Crippen LogP contribution in [0.25, 0.3) is 11.3 Å². The van der Waals surface area contributed by atoms with Gasteiger partial charge in [-0.25, -0.2) is 18.2 Å². The van der Waals surface area contributed by atoms with Gasteiger partial charge in [0.1, 0.15) is 5.82 Å². The molecule has 13 heteroatoms. The maximum Gasteiger partial charge on any atom is 0.449 e. The van der Waals surface area contributed by atoms with Crippen molar-refractivity contribution in [1.29, 1.82) is 0 Å². The summed E-state index contributed by atoms with van der Waals surface area (Å²) >= 11 is 6.13. The van der Waals surface area contributed by atoms with E-state index in [9.17, 15) is 31.1 Å². The molecule has 0 saturated heterocycles. The molecule has 0 fully saturated rings. The first kappa shape index (κ1) is 26.8. The van der Waals surface area contributed by atoms with E-state index in [1.807, 2.05) is 0 Å². The highest BCUT2D eigenvalue weighted by atomic mass is 35.5. The van der Waals surface area contributed by atoms with Crippen LogP contribution in [0.1, 0.15) is 29.9 Å². The molecule has 4 rings (SSSR count). The van der Waals surface area contributed by atoms with Crippen molar-refractivity contribution < 1.29 is 31.1 Å². The smallest absolute Gasteiger partial charge is 0.335 e. The average Bonchev–Trinajstić information content (AvgIpc) is 3.16. The van der Waals surface area contributed by atoms with Gasteiger partial charge in [-0.05, 0) is 30.5 Å². The van der Waals surface area contributed by atoms with E-state index in [2.05, 4.69) is 9.97 Å². The Morgan fingerprint density at radius 3 is 2.49 bits per heavy atom. The molecule has 0 spiro atoms. The fraction of sp³-hybridized carbons (Fsp3) is 0.318. The zero-order chi connectivity index (χ0) is 24.6. The van der Waals surface area contributed by atoms with Gasteiger partial charge in [0.25, 0.3) is 0 Å². The Morgan fingerprint density at radius 1 is 1.09 bits per heavy atom. The molecule has 0 N–H and O–H groups in total. The van der Waals surface area contributed by atoms with E-state index in [1.165, 1.54) is 23.4 Å². The molecular formula is C22H18Cl2F6N4O. The molecule has 2 aromatic heterocycles. The Morgan fingerprint density at radius 2 is 1.80 bits per heavy atom. The lowest BCUT2D eigenvalue weighted by atomic mass is 10.1. The van der Waals surface area contributed by atoms with E-state index in [0.717, 1.165) is 10.6 Å². The molecule has 1 amide bonds. The van der Waals surface area contributed by atoms with Gasteiger partial charge in [0.05, 0.1) is 23.0 Å². The maximum absolute atomic E-state index is 13.8. The molecule has 35 heavy (non-hydrogen) atoms. The van der Waals surface area contributed by atoms with Gasteiger partial charge in [-0.2, -0.15) is 13.2 Å². The number of hydrogen-bond donors (Lipinski definition) is 0. The van der Waals surface area contributed by atoms with E-state index >= 15 is 0 Å². The highest BCUT2D eigenvalue weighted by Crippen LogP contribution is 2.37. The minimum atomic E-state index is -4.70. The normalized spacial score (nSPS) is 13.4. The van der Waals surface area contributed by atoms with Crippen molar-refractivity contribution >= 4 is 29.9 Å². The number of benzene rings is 1. The predicted molar refractivity (Wildman–Crippen MR) is 117 cm³/mol. The summed E-state index contributed by atoms with van der Waals surface area (Å²) in [7, 11) is 0. The quantitative estimate of drug-likeness (QED) is 0.303. The highest BCUT2D eigenvalue weighted by molar-refractivity contribution is 6.33. The van der Waals surface area contributed by atoms with E-state index in [4.69, 9.17) is 11.6 Å². The molecule has 1 aliphatic rings. The largest absolute Gasteiger partial charge is 0.449 e. The summed E-state index contributed by atoms with van der Waals surface area (Å²) in [6.45, 7) is -0.229. The number of hydrogen-bond acceptors (Lipinski definition) is 3. The molecule has 1 aliphatic heterocycles. The Balaban J connectivity index is 0.00000342. The van der Waals surface area contributed by atoms with Gasteiger partial charge in [0.15, 0.2) is 11.6 Å². The molecule has 0 unspecified atom stereocenters. The van der Waals surface area contributed by atoms with Crippen molar-refractivity contribution in [2.24, 2.45) is 0 Å². The van der Waals surface area contributed by atoms with Crippen LogP contribution in [-0.4, -0.2) is 31.9 Å². The van der Waals surface area contributed by atoms with Crippen LogP contribution in [0.15, 0.2) is 30.6 Å². The van der Waals surface area contributed by atoms with Crippen molar-refractivity contribution in [3.05, 3.63) is 70.1 Å². The molecule has 5 nitrogen and oxygen atoms in total. The zero-order valence-corrected chi connectivity index (χ0v) is 19.5. The van der Waals surface area contributed by atoms with Crippen LogP contribution < -0.4 is 0 Å². The van der Waals surface area contributed by atoms with Gasteiger partial charge in [-0.3, -0.25) is 9.78 Å². The monoisotopic (exact) mass is 538 g/mol. The summed E-state index contributed by atoms with van der Waals surface area (Å²) in [4.78, 5) is 21.7. The third-order valence-corrected chi connectivity index (χ3v) is 5.87. The first-order valence-electron chi connectivity index (χ1n) is 10.2. The lowest BCUT2D eigenvalue weighted by Crippen LogP contribution is -2.39. The highest BCUT2D eigenvalue weighted by Gasteiger charge is 2.41. The summed E-state index contributed by atoms with van der Waals surface area (Å²) in [5.41, 5.74) is 0.402. The van der Waals surface area contributed by atoms with E-state index in [0.29, 0.717) is 6.07 Å². The Hall–Kier alpha value is -2.79. The summed E-state index contributed by atoms with van der Waals surface area (Å²) in [5, 5.41) is 0.120. The number of pyridine rings is 1. The van der Waals surface area contributed by atoms with Crippen LogP contribution in [0, 0.1) is 17.5 Å². The third kappa shape index (κ3) is 5.56. The fourth-order valence-electron chi connectivity index (χ4n) is 3.92. The topological polar surface area (TPSA) is 51.0 Å².